The lowest BCUT2D eigenvalue weighted by atomic mass is 10.0. The monoisotopic (exact) mass is 490 g/mol. The molecule has 0 aromatic heterocycles. The van der Waals surface area contributed by atoms with Gasteiger partial charge in [0.25, 0.3) is 11.8 Å². The molecule has 0 radical (unpaired) electrons. The van der Waals surface area contributed by atoms with E-state index >= 15 is 0 Å². The Bertz CT molecular complexity index is 1350. The lowest BCUT2D eigenvalue weighted by molar-refractivity contribution is -0.122. The maximum atomic E-state index is 13.9. The van der Waals surface area contributed by atoms with Gasteiger partial charge < -0.3 is 4.74 Å². The quantitative estimate of drug-likeness (QED) is 0.271. The molecule has 0 saturated carbocycles. The minimum Gasteiger partial charge on any atom is -0.489 e. The first kappa shape index (κ1) is 23.9. The molecule has 1 aliphatic rings. The van der Waals surface area contributed by atoms with E-state index in [2.05, 4.69) is 11.9 Å². The molecule has 35 heavy (non-hydrogen) atoms. The zero-order valence-corrected chi connectivity index (χ0v) is 19.2. The van der Waals surface area contributed by atoms with Crippen molar-refractivity contribution in [3.8, 4) is 5.75 Å². The molecule has 1 N–H and O–H groups in total. The molecule has 0 atom stereocenters. The molecule has 176 valence electrons. The number of nitrogens with one attached hydrogen (secondary N) is 1. The SMILES string of the molecule is C=CCc1cc(/C=C2\C(=O)NC(=O)N(c3ccc(Cl)cc3)C2=O)ccc1OCc1ccccc1F. The molecule has 0 bridgehead atoms. The molecule has 3 aromatic rings. The van der Waals surface area contributed by atoms with Gasteiger partial charge in [0.15, 0.2) is 0 Å². The molecular weight excluding hydrogens is 471 g/mol. The van der Waals surface area contributed by atoms with Crippen LogP contribution in [0.5, 0.6) is 5.75 Å². The number of halogens is 2. The number of hydrogen-bond donors (Lipinski definition) is 1. The molecule has 1 fully saturated rings. The van der Waals surface area contributed by atoms with Gasteiger partial charge >= 0.3 is 6.03 Å². The zero-order valence-electron chi connectivity index (χ0n) is 18.5. The summed E-state index contributed by atoms with van der Waals surface area (Å²) in [6.07, 6.45) is 3.53. The van der Waals surface area contributed by atoms with E-state index in [9.17, 15) is 18.8 Å². The highest BCUT2D eigenvalue weighted by atomic mass is 35.5. The highest BCUT2D eigenvalue weighted by molar-refractivity contribution is 6.39. The number of ether oxygens (including phenoxy) is 1. The summed E-state index contributed by atoms with van der Waals surface area (Å²) in [4.78, 5) is 38.8. The van der Waals surface area contributed by atoms with E-state index in [1.807, 2.05) is 0 Å². The summed E-state index contributed by atoms with van der Waals surface area (Å²) in [7, 11) is 0. The van der Waals surface area contributed by atoms with Gasteiger partial charge in [0.05, 0.1) is 5.69 Å². The van der Waals surface area contributed by atoms with Crippen LogP contribution < -0.4 is 15.0 Å². The van der Waals surface area contributed by atoms with Crippen LogP contribution in [-0.2, 0) is 22.6 Å². The van der Waals surface area contributed by atoms with Crippen LogP contribution in [0, 0.1) is 5.82 Å². The first-order valence-corrected chi connectivity index (χ1v) is 11.0. The number of carbonyl (C=O) groups excluding carboxylic acids is 3. The molecule has 6 nitrogen and oxygen atoms in total. The van der Waals surface area contributed by atoms with Crippen molar-refractivity contribution in [3.05, 3.63) is 112 Å². The van der Waals surface area contributed by atoms with Gasteiger partial charge in [-0.2, -0.15) is 0 Å². The number of carbonyl (C=O) groups is 3. The first-order chi connectivity index (χ1) is 16.9. The van der Waals surface area contributed by atoms with Gasteiger partial charge in [-0.1, -0.05) is 41.9 Å². The molecule has 1 heterocycles. The van der Waals surface area contributed by atoms with Crippen LogP contribution in [0.4, 0.5) is 14.9 Å². The van der Waals surface area contributed by atoms with Gasteiger partial charge in [-0.3, -0.25) is 14.9 Å². The van der Waals surface area contributed by atoms with E-state index in [0.29, 0.717) is 28.3 Å². The number of nitrogens with zero attached hydrogens (tertiary/aromatic N) is 1. The van der Waals surface area contributed by atoms with E-state index in [1.165, 1.54) is 24.3 Å². The zero-order chi connectivity index (χ0) is 24.9. The van der Waals surface area contributed by atoms with Crippen molar-refractivity contribution < 1.29 is 23.5 Å². The van der Waals surface area contributed by atoms with Gasteiger partial charge in [0.2, 0.25) is 0 Å². The highest BCUT2D eigenvalue weighted by Crippen LogP contribution is 2.27. The second kappa shape index (κ2) is 10.4. The average molecular weight is 491 g/mol. The van der Waals surface area contributed by atoms with Crippen molar-refractivity contribution >= 4 is 41.2 Å². The molecule has 0 unspecified atom stereocenters. The summed E-state index contributed by atoms with van der Waals surface area (Å²) < 4.78 is 19.8. The summed E-state index contributed by atoms with van der Waals surface area (Å²) in [5.74, 6) is -1.39. The van der Waals surface area contributed by atoms with Crippen LogP contribution in [-0.4, -0.2) is 17.8 Å². The largest absolute Gasteiger partial charge is 0.489 e. The summed E-state index contributed by atoms with van der Waals surface area (Å²) in [5.41, 5.74) is 1.77. The summed E-state index contributed by atoms with van der Waals surface area (Å²) >= 11 is 5.90. The topological polar surface area (TPSA) is 75.7 Å². The van der Waals surface area contributed by atoms with Crippen molar-refractivity contribution in [2.45, 2.75) is 13.0 Å². The summed E-state index contributed by atoms with van der Waals surface area (Å²) in [5, 5.41) is 2.63. The smallest absolute Gasteiger partial charge is 0.335 e. The Kier molecular flexibility index (Phi) is 7.08. The normalized spacial score (nSPS) is 14.7. The fourth-order valence-corrected chi connectivity index (χ4v) is 3.69. The number of barbiturate groups is 1. The molecule has 1 saturated heterocycles. The lowest BCUT2D eigenvalue weighted by Gasteiger charge is -2.26. The summed E-state index contributed by atoms with van der Waals surface area (Å²) in [6, 6.07) is 16.7. The Morgan fingerprint density at radius 2 is 1.74 bits per heavy atom. The third-order valence-electron chi connectivity index (χ3n) is 5.29. The highest BCUT2D eigenvalue weighted by Gasteiger charge is 2.36. The summed E-state index contributed by atoms with van der Waals surface area (Å²) in [6.45, 7) is 3.79. The molecule has 4 amide bonds. The molecule has 1 aliphatic heterocycles. The number of rotatable bonds is 7. The van der Waals surface area contributed by atoms with E-state index in [-0.39, 0.29) is 23.7 Å². The van der Waals surface area contributed by atoms with Gasteiger partial charge in [-0.05, 0) is 66.1 Å². The Morgan fingerprint density at radius 1 is 1.00 bits per heavy atom. The molecule has 3 aromatic carbocycles. The average Bonchev–Trinajstić information content (AvgIpc) is 2.83. The Morgan fingerprint density at radius 3 is 2.46 bits per heavy atom. The molecular formula is C27H20ClFN2O4. The maximum absolute atomic E-state index is 13.9. The van der Waals surface area contributed by atoms with Crippen molar-refractivity contribution in [1.82, 2.24) is 5.32 Å². The number of benzene rings is 3. The number of imide groups is 2. The van der Waals surface area contributed by atoms with Gasteiger partial charge in [0.1, 0.15) is 23.7 Å². The Labute approximate surface area is 206 Å². The number of allylic oxidation sites excluding steroid dienone is 1. The molecule has 8 heteroatoms. The minimum atomic E-state index is -0.844. The number of amides is 4. The van der Waals surface area contributed by atoms with Gasteiger partial charge in [-0.25, -0.2) is 14.1 Å². The Balaban J connectivity index is 1.62. The van der Waals surface area contributed by atoms with E-state index in [4.69, 9.17) is 16.3 Å². The van der Waals surface area contributed by atoms with Crippen LogP contribution in [0.2, 0.25) is 5.02 Å². The van der Waals surface area contributed by atoms with Crippen LogP contribution >= 0.6 is 11.6 Å². The predicted molar refractivity (Wildman–Crippen MR) is 132 cm³/mol. The van der Waals surface area contributed by atoms with Crippen LogP contribution in [0.1, 0.15) is 16.7 Å². The third-order valence-corrected chi connectivity index (χ3v) is 5.54. The third kappa shape index (κ3) is 5.31. The van der Waals surface area contributed by atoms with Crippen molar-refractivity contribution in [3.63, 3.8) is 0 Å². The standard InChI is InChI=1S/C27H20ClFN2O4/c1-2-5-18-14-17(8-13-24(18)35-16-19-6-3-4-7-23(19)29)15-22-25(32)30-27(34)31(26(22)33)21-11-9-20(28)10-12-21/h2-4,6-15H,1,5,16H2,(H,30,32,34)/b22-15+. The van der Waals surface area contributed by atoms with E-state index in [0.717, 1.165) is 10.5 Å². The van der Waals surface area contributed by atoms with Crippen LogP contribution in [0.3, 0.4) is 0 Å². The predicted octanol–water partition coefficient (Wildman–Crippen LogP) is 5.45. The number of hydrogen-bond acceptors (Lipinski definition) is 4. The van der Waals surface area contributed by atoms with Crippen molar-refractivity contribution in [2.75, 3.05) is 4.90 Å². The van der Waals surface area contributed by atoms with Gasteiger partial charge in [-0.15, -0.1) is 6.58 Å². The fourth-order valence-electron chi connectivity index (χ4n) is 3.56. The van der Waals surface area contributed by atoms with E-state index < -0.39 is 17.8 Å². The van der Waals surface area contributed by atoms with Crippen molar-refractivity contribution in [2.24, 2.45) is 0 Å². The first-order valence-electron chi connectivity index (χ1n) is 10.6. The lowest BCUT2D eigenvalue weighted by Crippen LogP contribution is -2.54. The minimum absolute atomic E-state index is 0.0380. The van der Waals surface area contributed by atoms with E-state index in [1.54, 1.807) is 54.6 Å². The van der Waals surface area contributed by atoms with Crippen molar-refractivity contribution in [1.29, 1.82) is 0 Å². The Hall–Kier alpha value is -4.23. The molecule has 0 spiro atoms. The second-order valence-electron chi connectivity index (χ2n) is 7.67. The maximum Gasteiger partial charge on any atom is 0.335 e. The fraction of sp³-hybridized carbons (Fsp3) is 0.0741. The second-order valence-corrected chi connectivity index (χ2v) is 8.11. The van der Waals surface area contributed by atoms with Crippen LogP contribution in [0.15, 0.2) is 85.0 Å². The van der Waals surface area contributed by atoms with Crippen LogP contribution in [0.25, 0.3) is 6.08 Å². The number of urea groups is 1. The molecule has 0 aliphatic carbocycles. The van der Waals surface area contributed by atoms with Gasteiger partial charge in [0, 0.05) is 10.6 Å². The molecule has 4 rings (SSSR count). The number of anilines is 1.